The van der Waals surface area contributed by atoms with E-state index in [1.54, 1.807) is 13.2 Å². The summed E-state index contributed by atoms with van der Waals surface area (Å²) in [5, 5.41) is 6.16. The lowest BCUT2D eigenvalue weighted by molar-refractivity contribution is -0.131. The molecule has 0 unspecified atom stereocenters. The average molecular weight is 441 g/mol. The number of H-pyrrole nitrogens is 1. The second-order valence-electron chi connectivity index (χ2n) is 8.24. The van der Waals surface area contributed by atoms with Gasteiger partial charge in [0.2, 0.25) is 17.7 Å². The number of carbonyl (C=O) groups is 4. The molecule has 0 radical (unpaired) electrons. The second-order valence-corrected chi connectivity index (χ2v) is 8.24. The zero-order valence-corrected chi connectivity index (χ0v) is 17.8. The van der Waals surface area contributed by atoms with Gasteiger partial charge >= 0.3 is 0 Å². The Balaban J connectivity index is 1.48. The molecule has 0 bridgehead atoms. The summed E-state index contributed by atoms with van der Waals surface area (Å²) in [4.78, 5) is 54.6. The predicted molar refractivity (Wildman–Crippen MR) is 116 cm³/mol. The highest BCUT2D eigenvalue weighted by Crippen LogP contribution is 2.28. The number of primary amides is 1. The van der Waals surface area contributed by atoms with Crippen molar-refractivity contribution in [3.05, 3.63) is 30.0 Å². The monoisotopic (exact) mass is 441 g/mol. The molecule has 2 aromatic rings. The van der Waals surface area contributed by atoms with Crippen LogP contribution in [0.15, 0.2) is 24.3 Å². The summed E-state index contributed by atoms with van der Waals surface area (Å²) in [6.07, 6.45) is 1.89. The molecular weight excluding hydrogens is 414 g/mol. The Hall–Kier alpha value is -3.56. The number of nitrogens with two attached hydrogens (primary N) is 1. The molecule has 0 saturated carbocycles. The number of fused-ring (bicyclic) bond motifs is 1. The normalized spacial score (nSPS) is 21.4. The zero-order chi connectivity index (χ0) is 22.8. The summed E-state index contributed by atoms with van der Waals surface area (Å²) >= 11 is 0. The van der Waals surface area contributed by atoms with Crippen LogP contribution in [-0.2, 0) is 14.4 Å². The maximum atomic E-state index is 13.2. The fraction of sp³-hybridized carbons (Fsp3) is 0.455. The van der Waals surface area contributed by atoms with Crippen molar-refractivity contribution >= 4 is 34.5 Å². The third kappa shape index (κ3) is 4.12. The largest absolute Gasteiger partial charge is 0.496 e. The molecule has 0 spiro atoms. The van der Waals surface area contributed by atoms with E-state index in [0.717, 1.165) is 10.9 Å². The van der Waals surface area contributed by atoms with Gasteiger partial charge in [0.05, 0.1) is 7.11 Å². The van der Waals surface area contributed by atoms with Gasteiger partial charge in [-0.3, -0.25) is 19.2 Å². The van der Waals surface area contributed by atoms with Crippen LogP contribution in [0.25, 0.3) is 10.9 Å². The smallest absolute Gasteiger partial charge is 0.270 e. The van der Waals surface area contributed by atoms with E-state index in [9.17, 15) is 19.2 Å². The summed E-state index contributed by atoms with van der Waals surface area (Å²) in [6.45, 7) is 0.971. The van der Waals surface area contributed by atoms with Gasteiger partial charge in [0.15, 0.2) is 0 Å². The fourth-order valence-electron chi connectivity index (χ4n) is 4.53. The molecular formula is C22H27N5O5. The molecule has 32 heavy (non-hydrogen) atoms. The molecule has 1 aromatic heterocycles. The number of nitrogens with zero attached hydrogens (tertiary/aromatic N) is 1. The van der Waals surface area contributed by atoms with E-state index < -0.39 is 23.9 Å². The number of methoxy groups -OCH3 is 1. The molecule has 10 nitrogen and oxygen atoms in total. The number of aromatic amines is 1. The second kappa shape index (κ2) is 8.89. The van der Waals surface area contributed by atoms with Gasteiger partial charge in [0.1, 0.15) is 23.5 Å². The van der Waals surface area contributed by atoms with Gasteiger partial charge in [-0.25, -0.2) is 0 Å². The summed E-state index contributed by atoms with van der Waals surface area (Å²) < 4.78 is 5.35. The molecule has 2 saturated heterocycles. The Kier molecular flexibility index (Phi) is 6.02. The van der Waals surface area contributed by atoms with Gasteiger partial charge in [0, 0.05) is 29.9 Å². The maximum absolute atomic E-state index is 13.2. The maximum Gasteiger partial charge on any atom is 0.270 e. The average Bonchev–Trinajstić information content (AvgIpc) is 3.51. The molecule has 170 valence electrons. The van der Waals surface area contributed by atoms with Crippen molar-refractivity contribution in [1.29, 1.82) is 0 Å². The summed E-state index contributed by atoms with van der Waals surface area (Å²) in [5.74, 6) is -1.29. The molecule has 3 heterocycles. The zero-order valence-electron chi connectivity index (χ0n) is 17.8. The van der Waals surface area contributed by atoms with E-state index in [0.29, 0.717) is 43.8 Å². The highest BCUT2D eigenvalue weighted by Gasteiger charge is 2.37. The number of carbonyl (C=O) groups excluding carboxylic acids is 4. The van der Waals surface area contributed by atoms with Crippen LogP contribution >= 0.6 is 0 Å². The van der Waals surface area contributed by atoms with Crippen molar-refractivity contribution in [2.24, 2.45) is 11.7 Å². The van der Waals surface area contributed by atoms with Gasteiger partial charge in [-0.15, -0.1) is 0 Å². The highest BCUT2D eigenvalue weighted by atomic mass is 16.5. The number of benzene rings is 1. The minimum Gasteiger partial charge on any atom is -0.496 e. The highest BCUT2D eigenvalue weighted by molar-refractivity contribution is 6.02. The van der Waals surface area contributed by atoms with Crippen molar-refractivity contribution < 1.29 is 23.9 Å². The van der Waals surface area contributed by atoms with Crippen LogP contribution in [0, 0.1) is 5.92 Å². The number of hydrogen-bond donors (Lipinski definition) is 4. The Morgan fingerprint density at radius 2 is 2.12 bits per heavy atom. The van der Waals surface area contributed by atoms with Crippen LogP contribution in [0.2, 0.25) is 0 Å². The van der Waals surface area contributed by atoms with E-state index in [1.807, 2.05) is 18.2 Å². The number of likely N-dealkylation sites (tertiary alicyclic amines) is 1. The van der Waals surface area contributed by atoms with Crippen molar-refractivity contribution in [3.63, 3.8) is 0 Å². The molecule has 4 amide bonds. The Bertz CT molecular complexity index is 1060. The quantitative estimate of drug-likeness (QED) is 0.487. The van der Waals surface area contributed by atoms with Crippen molar-refractivity contribution in [3.8, 4) is 5.75 Å². The first-order valence-electron chi connectivity index (χ1n) is 10.7. The molecule has 2 aliphatic heterocycles. The topological polar surface area (TPSA) is 147 Å². The standard InChI is InChI=1S/C22H27N5O5/c1-32-18-6-2-4-14-13(18)11-16(25-14)22(31)27-9-3-5-17(27)21(30)26-15(19(23)28)10-12-7-8-24-20(12)29/h2,4,6,11-12,15,17,25H,3,5,7-10H2,1H3,(H2,23,28)(H,24,29)(H,26,30)/t12-,15-,17-/m0/s1. The van der Waals surface area contributed by atoms with Gasteiger partial charge in [-0.1, -0.05) is 6.07 Å². The minimum atomic E-state index is -0.966. The SMILES string of the molecule is COc1cccc2[nH]c(C(=O)N3CCC[C@H]3C(=O)N[C@@H](C[C@@H]3CCNC3=O)C(N)=O)cc12. The summed E-state index contributed by atoms with van der Waals surface area (Å²) in [7, 11) is 1.56. The van der Waals surface area contributed by atoms with Crippen LogP contribution in [0.4, 0.5) is 0 Å². The number of hydrogen-bond acceptors (Lipinski definition) is 5. The lowest BCUT2D eigenvalue weighted by atomic mass is 9.97. The molecule has 3 atom stereocenters. The van der Waals surface area contributed by atoms with Crippen molar-refractivity contribution in [2.45, 2.75) is 37.8 Å². The lowest BCUT2D eigenvalue weighted by Crippen LogP contribution is -2.53. The minimum absolute atomic E-state index is 0.141. The van der Waals surface area contributed by atoms with E-state index >= 15 is 0 Å². The molecule has 5 N–H and O–H groups in total. The van der Waals surface area contributed by atoms with Gasteiger partial charge in [-0.2, -0.15) is 0 Å². The third-order valence-corrected chi connectivity index (χ3v) is 6.23. The van der Waals surface area contributed by atoms with E-state index in [4.69, 9.17) is 10.5 Å². The van der Waals surface area contributed by atoms with Crippen LogP contribution in [0.5, 0.6) is 5.75 Å². The summed E-state index contributed by atoms with van der Waals surface area (Å²) in [6, 6.07) is 5.52. The Labute approximate surface area is 184 Å². The number of rotatable bonds is 7. The van der Waals surface area contributed by atoms with Crippen LogP contribution in [-0.4, -0.2) is 65.8 Å². The van der Waals surface area contributed by atoms with Crippen molar-refractivity contribution in [1.82, 2.24) is 20.5 Å². The van der Waals surface area contributed by atoms with Gasteiger partial charge in [0.25, 0.3) is 5.91 Å². The first-order valence-corrected chi connectivity index (χ1v) is 10.7. The van der Waals surface area contributed by atoms with Crippen molar-refractivity contribution in [2.75, 3.05) is 20.2 Å². The van der Waals surface area contributed by atoms with Crippen LogP contribution in [0.3, 0.4) is 0 Å². The molecule has 10 heteroatoms. The van der Waals surface area contributed by atoms with E-state index in [2.05, 4.69) is 15.6 Å². The predicted octanol–water partition coefficient (Wildman–Crippen LogP) is 0.277. The molecule has 2 fully saturated rings. The number of amides is 4. The van der Waals surface area contributed by atoms with E-state index in [1.165, 1.54) is 4.90 Å². The number of aromatic nitrogens is 1. The molecule has 2 aliphatic rings. The van der Waals surface area contributed by atoms with Crippen LogP contribution in [0.1, 0.15) is 36.2 Å². The molecule has 4 rings (SSSR count). The number of nitrogens with one attached hydrogen (secondary N) is 3. The lowest BCUT2D eigenvalue weighted by Gasteiger charge is -2.26. The number of ether oxygens (including phenoxy) is 1. The first-order chi connectivity index (χ1) is 15.4. The molecule has 0 aliphatic carbocycles. The third-order valence-electron chi connectivity index (χ3n) is 6.23. The fourth-order valence-corrected chi connectivity index (χ4v) is 4.53. The first kappa shape index (κ1) is 21.7. The van der Waals surface area contributed by atoms with Gasteiger partial charge < -0.3 is 31.0 Å². The van der Waals surface area contributed by atoms with Gasteiger partial charge in [-0.05, 0) is 43.9 Å². The molecule has 1 aromatic carbocycles. The van der Waals surface area contributed by atoms with Crippen LogP contribution < -0.4 is 21.1 Å². The summed E-state index contributed by atoms with van der Waals surface area (Å²) in [5.41, 5.74) is 6.60. The Morgan fingerprint density at radius 1 is 1.31 bits per heavy atom. The van der Waals surface area contributed by atoms with E-state index in [-0.39, 0.29) is 24.2 Å². The Morgan fingerprint density at radius 3 is 2.81 bits per heavy atom.